The van der Waals surface area contributed by atoms with Crippen molar-refractivity contribution in [3.05, 3.63) is 51.5 Å². The molecule has 0 saturated heterocycles. The zero-order chi connectivity index (χ0) is 15.6. The van der Waals surface area contributed by atoms with Crippen LogP contribution < -0.4 is 9.46 Å². The fourth-order valence-electron chi connectivity index (χ4n) is 1.70. The van der Waals surface area contributed by atoms with E-state index in [4.69, 9.17) is 39.5 Å². The van der Waals surface area contributed by atoms with Gasteiger partial charge in [0, 0.05) is 5.02 Å². The summed E-state index contributed by atoms with van der Waals surface area (Å²) in [5.41, 5.74) is 0.195. The number of nitrogens with one attached hydrogen (secondary N) is 1. The third-order valence-corrected chi connectivity index (χ3v) is 5.15. The molecule has 2 aromatic carbocycles. The Kier molecular flexibility index (Phi) is 4.88. The molecule has 0 atom stereocenters. The van der Waals surface area contributed by atoms with Crippen LogP contribution in [-0.4, -0.2) is 15.5 Å². The molecule has 0 fully saturated rings. The lowest BCUT2D eigenvalue weighted by Crippen LogP contribution is -2.14. The molecule has 2 rings (SSSR count). The van der Waals surface area contributed by atoms with E-state index in [0.29, 0.717) is 10.8 Å². The molecule has 4 nitrogen and oxygen atoms in total. The topological polar surface area (TPSA) is 55.4 Å². The maximum absolute atomic E-state index is 12.4. The Bertz CT molecular complexity index is 758. The lowest BCUT2D eigenvalue weighted by Gasteiger charge is -2.13. The first kappa shape index (κ1) is 16.2. The molecule has 2 aromatic rings. The van der Waals surface area contributed by atoms with Crippen LogP contribution in [0, 0.1) is 0 Å². The Labute approximate surface area is 137 Å². The number of anilines is 1. The lowest BCUT2D eigenvalue weighted by atomic mass is 10.3. The van der Waals surface area contributed by atoms with E-state index < -0.39 is 10.0 Å². The molecule has 0 heterocycles. The van der Waals surface area contributed by atoms with Crippen molar-refractivity contribution < 1.29 is 13.2 Å². The Morgan fingerprint density at radius 3 is 2.24 bits per heavy atom. The van der Waals surface area contributed by atoms with Crippen LogP contribution >= 0.6 is 34.8 Å². The maximum atomic E-state index is 12.4. The number of halogens is 3. The minimum absolute atomic E-state index is 0.0241. The maximum Gasteiger partial charge on any atom is 0.264 e. The van der Waals surface area contributed by atoms with E-state index >= 15 is 0 Å². The van der Waals surface area contributed by atoms with Gasteiger partial charge in [-0.05, 0) is 30.3 Å². The molecule has 8 heteroatoms. The van der Waals surface area contributed by atoms with Gasteiger partial charge < -0.3 is 4.74 Å². The van der Waals surface area contributed by atoms with Crippen molar-refractivity contribution in [2.24, 2.45) is 0 Å². The molecule has 112 valence electrons. The Morgan fingerprint density at radius 1 is 1.05 bits per heavy atom. The van der Waals surface area contributed by atoms with E-state index in [1.807, 2.05) is 0 Å². The van der Waals surface area contributed by atoms with Gasteiger partial charge in [-0.1, -0.05) is 40.9 Å². The number of benzene rings is 2. The third kappa shape index (κ3) is 3.55. The van der Waals surface area contributed by atoms with Crippen LogP contribution in [0.3, 0.4) is 0 Å². The normalized spacial score (nSPS) is 11.2. The van der Waals surface area contributed by atoms with Crippen molar-refractivity contribution in [3.63, 3.8) is 0 Å². The first-order valence-corrected chi connectivity index (χ1v) is 8.27. The fourth-order valence-corrected chi connectivity index (χ4v) is 4.07. The highest BCUT2D eigenvalue weighted by molar-refractivity contribution is 7.93. The molecule has 0 amide bonds. The van der Waals surface area contributed by atoms with Gasteiger partial charge in [-0.25, -0.2) is 8.42 Å². The summed E-state index contributed by atoms with van der Waals surface area (Å²) in [5.74, 6) is 0.325. The second-order valence-electron chi connectivity index (χ2n) is 4.00. The van der Waals surface area contributed by atoms with Gasteiger partial charge in [-0.2, -0.15) is 0 Å². The minimum atomic E-state index is -3.98. The average Bonchev–Trinajstić information content (AvgIpc) is 2.37. The average molecular weight is 367 g/mol. The highest BCUT2D eigenvalue weighted by Gasteiger charge is 2.23. The first-order chi connectivity index (χ1) is 9.85. The van der Waals surface area contributed by atoms with Gasteiger partial charge in [0.2, 0.25) is 0 Å². The Hall–Kier alpha value is -1.14. The van der Waals surface area contributed by atoms with Crippen molar-refractivity contribution in [1.82, 2.24) is 0 Å². The van der Waals surface area contributed by atoms with Crippen LogP contribution in [0.25, 0.3) is 0 Å². The molecular formula is C13H10Cl3NO3S. The summed E-state index contributed by atoms with van der Waals surface area (Å²) in [7, 11) is -2.56. The molecule has 0 spiro atoms. The molecule has 0 aliphatic heterocycles. The standard InChI is InChI=1S/C13H10Cl3NO3S/c1-20-12-6-5-8(14)7-11(12)17-21(18,19)13-9(15)3-2-4-10(13)16/h2-7,17H,1H3. The Morgan fingerprint density at radius 2 is 1.67 bits per heavy atom. The number of rotatable bonds is 4. The first-order valence-electron chi connectivity index (χ1n) is 5.65. The van der Waals surface area contributed by atoms with Gasteiger partial charge in [0.05, 0.1) is 22.8 Å². The fraction of sp³-hybridized carbons (Fsp3) is 0.0769. The summed E-state index contributed by atoms with van der Waals surface area (Å²) in [6.45, 7) is 0. The number of ether oxygens (including phenoxy) is 1. The molecular weight excluding hydrogens is 357 g/mol. The molecule has 0 aliphatic rings. The summed E-state index contributed by atoms with van der Waals surface area (Å²) in [5, 5.41) is 0.408. The summed E-state index contributed by atoms with van der Waals surface area (Å²) in [6.07, 6.45) is 0. The van der Waals surface area contributed by atoms with Crippen molar-refractivity contribution >= 4 is 50.5 Å². The zero-order valence-electron chi connectivity index (χ0n) is 10.7. The summed E-state index contributed by atoms with van der Waals surface area (Å²) >= 11 is 17.7. The number of hydrogen-bond acceptors (Lipinski definition) is 3. The number of methoxy groups -OCH3 is 1. The van der Waals surface area contributed by atoms with E-state index in [-0.39, 0.29) is 20.6 Å². The molecule has 1 N–H and O–H groups in total. The van der Waals surface area contributed by atoms with Gasteiger partial charge in [0.25, 0.3) is 10.0 Å². The quantitative estimate of drug-likeness (QED) is 0.869. The lowest BCUT2D eigenvalue weighted by molar-refractivity contribution is 0.417. The molecule has 0 saturated carbocycles. The predicted molar refractivity (Wildman–Crippen MR) is 85.3 cm³/mol. The third-order valence-electron chi connectivity index (χ3n) is 2.59. The van der Waals surface area contributed by atoms with Gasteiger partial charge in [-0.3, -0.25) is 4.72 Å². The summed E-state index contributed by atoms with van der Waals surface area (Å²) < 4.78 is 32.3. The highest BCUT2D eigenvalue weighted by Crippen LogP contribution is 2.34. The smallest absolute Gasteiger partial charge is 0.264 e. The monoisotopic (exact) mass is 365 g/mol. The van der Waals surface area contributed by atoms with E-state index in [9.17, 15) is 8.42 Å². The van der Waals surface area contributed by atoms with E-state index in [1.165, 1.54) is 25.3 Å². The largest absolute Gasteiger partial charge is 0.495 e. The highest BCUT2D eigenvalue weighted by atomic mass is 35.5. The Balaban J connectivity index is 2.50. The van der Waals surface area contributed by atoms with Crippen LogP contribution in [0.4, 0.5) is 5.69 Å². The minimum Gasteiger partial charge on any atom is -0.495 e. The van der Waals surface area contributed by atoms with Crippen molar-refractivity contribution in [2.45, 2.75) is 4.90 Å². The van der Waals surface area contributed by atoms with E-state index in [2.05, 4.69) is 4.72 Å². The number of sulfonamides is 1. The van der Waals surface area contributed by atoms with E-state index in [0.717, 1.165) is 0 Å². The van der Waals surface area contributed by atoms with Crippen molar-refractivity contribution in [2.75, 3.05) is 11.8 Å². The van der Waals surface area contributed by atoms with Crippen molar-refractivity contribution in [3.8, 4) is 5.75 Å². The van der Waals surface area contributed by atoms with Crippen LogP contribution in [0.5, 0.6) is 5.75 Å². The second kappa shape index (κ2) is 6.32. The predicted octanol–water partition coefficient (Wildman–Crippen LogP) is 4.46. The van der Waals surface area contributed by atoms with Gasteiger partial charge >= 0.3 is 0 Å². The van der Waals surface area contributed by atoms with Gasteiger partial charge in [0.15, 0.2) is 0 Å². The van der Waals surface area contributed by atoms with Crippen molar-refractivity contribution in [1.29, 1.82) is 0 Å². The second-order valence-corrected chi connectivity index (χ2v) is 6.87. The van der Waals surface area contributed by atoms with Crippen LogP contribution in [0.15, 0.2) is 41.3 Å². The molecule has 0 unspecified atom stereocenters. The molecule has 0 aromatic heterocycles. The van der Waals surface area contributed by atoms with Gasteiger partial charge in [-0.15, -0.1) is 0 Å². The number of hydrogen-bond donors (Lipinski definition) is 1. The van der Waals surface area contributed by atoms with Crippen LogP contribution in [0.1, 0.15) is 0 Å². The van der Waals surface area contributed by atoms with Gasteiger partial charge in [0.1, 0.15) is 10.6 Å². The SMILES string of the molecule is COc1ccc(Cl)cc1NS(=O)(=O)c1c(Cl)cccc1Cl. The van der Waals surface area contributed by atoms with Crippen LogP contribution in [0.2, 0.25) is 15.1 Å². The summed E-state index contributed by atoms with van der Waals surface area (Å²) in [4.78, 5) is -0.199. The molecule has 0 bridgehead atoms. The molecule has 0 radical (unpaired) electrons. The summed E-state index contributed by atoms with van der Waals surface area (Å²) in [6, 6.07) is 9.01. The van der Waals surface area contributed by atoms with Crippen LogP contribution in [-0.2, 0) is 10.0 Å². The molecule has 0 aliphatic carbocycles. The van der Waals surface area contributed by atoms with E-state index in [1.54, 1.807) is 18.2 Å². The molecule has 21 heavy (non-hydrogen) atoms. The zero-order valence-corrected chi connectivity index (χ0v) is 13.8.